The molecular formula is C18H20N2O4. The van der Waals surface area contributed by atoms with E-state index in [0.29, 0.717) is 35.4 Å². The highest BCUT2D eigenvalue weighted by molar-refractivity contribution is 5.92. The first-order chi connectivity index (χ1) is 11.5. The van der Waals surface area contributed by atoms with E-state index in [-0.39, 0.29) is 12.4 Å². The predicted molar refractivity (Wildman–Crippen MR) is 88.2 cm³/mol. The molecule has 0 unspecified atom stereocenters. The van der Waals surface area contributed by atoms with E-state index in [1.54, 1.807) is 49.5 Å². The second-order valence-corrected chi connectivity index (χ2v) is 5.27. The molecule has 0 aliphatic rings. The van der Waals surface area contributed by atoms with Gasteiger partial charge in [0.2, 0.25) is 5.91 Å². The molecule has 0 aliphatic heterocycles. The number of aryl methyl sites for hydroxylation is 1. The molecule has 0 bridgehead atoms. The smallest absolute Gasteiger partial charge is 0.306 e. The maximum absolute atomic E-state index is 11.4. The third kappa shape index (κ3) is 4.63. The van der Waals surface area contributed by atoms with Gasteiger partial charge in [-0.05, 0) is 42.3 Å². The molecule has 6 heteroatoms. The second-order valence-electron chi connectivity index (χ2n) is 5.27. The number of aliphatic hydroxyl groups is 1. The third-order valence-corrected chi connectivity index (χ3v) is 3.56. The first-order valence-corrected chi connectivity index (χ1v) is 7.69. The molecule has 1 heterocycles. The van der Waals surface area contributed by atoms with Crippen molar-refractivity contribution in [3.63, 3.8) is 0 Å². The Morgan fingerprint density at radius 1 is 1.21 bits per heavy atom. The minimum atomic E-state index is -0.851. The Morgan fingerprint density at radius 3 is 2.54 bits per heavy atom. The summed E-state index contributed by atoms with van der Waals surface area (Å²) in [4.78, 5) is 26.7. The molecule has 2 rings (SSSR count). The van der Waals surface area contributed by atoms with Gasteiger partial charge in [-0.2, -0.15) is 0 Å². The average Bonchev–Trinajstić information content (AvgIpc) is 2.60. The summed E-state index contributed by atoms with van der Waals surface area (Å²) < 4.78 is 4.89. The standard InChI is InChI=1S/C18H20N2O4/c1-2-24-16(21)8-7-15-11-14(9-10-20-15)17(22)12-3-5-13(6-4-12)18(19)23/h3-6,9-11,17,22H,2,7-8H2,1H3,(H2,19,23)/t17-/m1/s1. The van der Waals surface area contributed by atoms with Crippen LogP contribution in [0.25, 0.3) is 0 Å². The summed E-state index contributed by atoms with van der Waals surface area (Å²) in [7, 11) is 0. The number of rotatable bonds is 7. The molecule has 0 radical (unpaired) electrons. The summed E-state index contributed by atoms with van der Waals surface area (Å²) in [5.41, 5.74) is 7.59. The Labute approximate surface area is 140 Å². The summed E-state index contributed by atoms with van der Waals surface area (Å²) in [6.45, 7) is 2.11. The normalized spacial score (nSPS) is 11.8. The van der Waals surface area contributed by atoms with Gasteiger partial charge in [0.05, 0.1) is 13.0 Å². The molecule has 2 aromatic rings. The van der Waals surface area contributed by atoms with Crippen molar-refractivity contribution in [3.05, 3.63) is 65.0 Å². The summed E-state index contributed by atoms with van der Waals surface area (Å²) in [5, 5.41) is 10.5. The lowest BCUT2D eigenvalue weighted by Gasteiger charge is -2.13. The van der Waals surface area contributed by atoms with Crippen LogP contribution in [-0.2, 0) is 16.0 Å². The zero-order chi connectivity index (χ0) is 17.5. The van der Waals surface area contributed by atoms with Gasteiger partial charge in [0.25, 0.3) is 0 Å². The van der Waals surface area contributed by atoms with Crippen LogP contribution in [-0.4, -0.2) is 28.6 Å². The van der Waals surface area contributed by atoms with Gasteiger partial charge in [-0.25, -0.2) is 0 Å². The van der Waals surface area contributed by atoms with Gasteiger partial charge in [-0.3, -0.25) is 14.6 Å². The number of benzene rings is 1. The number of aliphatic hydroxyl groups excluding tert-OH is 1. The van der Waals surface area contributed by atoms with Crippen LogP contribution in [0.15, 0.2) is 42.6 Å². The summed E-state index contributed by atoms with van der Waals surface area (Å²) in [6.07, 6.45) is 1.43. The molecule has 126 valence electrons. The predicted octanol–water partition coefficient (Wildman–Crippen LogP) is 1.76. The quantitative estimate of drug-likeness (QED) is 0.754. The van der Waals surface area contributed by atoms with Crippen LogP contribution in [0.4, 0.5) is 0 Å². The van der Waals surface area contributed by atoms with Crippen LogP contribution in [0, 0.1) is 0 Å². The molecule has 1 aromatic carbocycles. The Balaban J connectivity index is 2.09. The number of pyridine rings is 1. The molecule has 0 saturated carbocycles. The van der Waals surface area contributed by atoms with Crippen molar-refractivity contribution in [1.82, 2.24) is 4.98 Å². The molecular weight excluding hydrogens is 308 g/mol. The van der Waals surface area contributed by atoms with Crippen LogP contribution in [0.5, 0.6) is 0 Å². The molecule has 0 fully saturated rings. The van der Waals surface area contributed by atoms with Crippen LogP contribution in [0.2, 0.25) is 0 Å². The van der Waals surface area contributed by atoms with Crippen molar-refractivity contribution in [1.29, 1.82) is 0 Å². The average molecular weight is 328 g/mol. The zero-order valence-corrected chi connectivity index (χ0v) is 13.4. The van der Waals surface area contributed by atoms with E-state index in [0.717, 1.165) is 0 Å². The van der Waals surface area contributed by atoms with Crippen LogP contribution >= 0.6 is 0 Å². The highest BCUT2D eigenvalue weighted by Gasteiger charge is 2.13. The first kappa shape index (κ1) is 17.6. The number of hydrogen-bond donors (Lipinski definition) is 2. The van der Waals surface area contributed by atoms with Gasteiger partial charge in [-0.1, -0.05) is 12.1 Å². The first-order valence-electron chi connectivity index (χ1n) is 7.69. The lowest BCUT2D eigenvalue weighted by atomic mass is 10.00. The highest BCUT2D eigenvalue weighted by atomic mass is 16.5. The van der Waals surface area contributed by atoms with Crippen LogP contribution < -0.4 is 5.73 Å². The molecule has 1 atom stereocenters. The molecule has 0 aliphatic carbocycles. The summed E-state index contributed by atoms with van der Waals surface area (Å²) in [6, 6.07) is 9.92. The van der Waals surface area contributed by atoms with Crippen molar-refractivity contribution >= 4 is 11.9 Å². The van der Waals surface area contributed by atoms with Gasteiger partial charge < -0.3 is 15.6 Å². The number of nitrogens with two attached hydrogens (primary N) is 1. The van der Waals surface area contributed by atoms with Crippen LogP contribution in [0.3, 0.4) is 0 Å². The summed E-state index contributed by atoms with van der Waals surface area (Å²) in [5.74, 6) is -0.784. The fraction of sp³-hybridized carbons (Fsp3) is 0.278. The lowest BCUT2D eigenvalue weighted by molar-refractivity contribution is -0.143. The summed E-state index contributed by atoms with van der Waals surface area (Å²) >= 11 is 0. The number of ether oxygens (including phenoxy) is 1. The Bertz CT molecular complexity index is 713. The van der Waals surface area contributed by atoms with E-state index >= 15 is 0 Å². The zero-order valence-electron chi connectivity index (χ0n) is 13.4. The van der Waals surface area contributed by atoms with E-state index in [9.17, 15) is 14.7 Å². The van der Waals surface area contributed by atoms with E-state index < -0.39 is 12.0 Å². The van der Waals surface area contributed by atoms with Gasteiger partial charge in [0, 0.05) is 23.9 Å². The molecule has 3 N–H and O–H groups in total. The van der Waals surface area contributed by atoms with Gasteiger partial charge in [0.1, 0.15) is 6.10 Å². The SMILES string of the molecule is CCOC(=O)CCc1cc([C@H](O)c2ccc(C(N)=O)cc2)ccn1. The minimum Gasteiger partial charge on any atom is -0.466 e. The Morgan fingerprint density at radius 2 is 1.92 bits per heavy atom. The number of aromatic nitrogens is 1. The fourth-order valence-corrected chi connectivity index (χ4v) is 2.29. The Kier molecular flexibility index (Phi) is 6.03. The third-order valence-electron chi connectivity index (χ3n) is 3.56. The topological polar surface area (TPSA) is 103 Å². The number of carbonyl (C=O) groups excluding carboxylic acids is 2. The van der Waals surface area contributed by atoms with Crippen molar-refractivity contribution in [2.75, 3.05) is 6.61 Å². The largest absolute Gasteiger partial charge is 0.466 e. The van der Waals surface area contributed by atoms with Crippen molar-refractivity contribution in [2.24, 2.45) is 5.73 Å². The van der Waals surface area contributed by atoms with E-state index in [1.165, 1.54) is 0 Å². The van der Waals surface area contributed by atoms with Crippen LogP contribution in [0.1, 0.15) is 46.6 Å². The molecule has 1 aromatic heterocycles. The molecule has 1 amide bonds. The van der Waals surface area contributed by atoms with E-state index in [1.807, 2.05) is 0 Å². The number of primary amides is 1. The van der Waals surface area contributed by atoms with Crippen molar-refractivity contribution in [2.45, 2.75) is 25.9 Å². The number of amides is 1. The Hall–Kier alpha value is -2.73. The highest BCUT2D eigenvalue weighted by Crippen LogP contribution is 2.22. The van der Waals surface area contributed by atoms with Crippen molar-refractivity contribution < 1.29 is 19.4 Å². The molecule has 24 heavy (non-hydrogen) atoms. The number of carbonyl (C=O) groups is 2. The maximum Gasteiger partial charge on any atom is 0.306 e. The molecule has 0 saturated heterocycles. The second kappa shape index (κ2) is 8.21. The van der Waals surface area contributed by atoms with Gasteiger partial charge >= 0.3 is 5.97 Å². The van der Waals surface area contributed by atoms with E-state index in [2.05, 4.69) is 4.98 Å². The van der Waals surface area contributed by atoms with E-state index in [4.69, 9.17) is 10.5 Å². The molecule has 0 spiro atoms. The lowest BCUT2D eigenvalue weighted by Crippen LogP contribution is -2.11. The minimum absolute atomic E-state index is 0.244. The van der Waals surface area contributed by atoms with Crippen molar-refractivity contribution in [3.8, 4) is 0 Å². The molecule has 6 nitrogen and oxygen atoms in total. The monoisotopic (exact) mass is 328 g/mol. The van der Waals surface area contributed by atoms with Gasteiger partial charge in [0.15, 0.2) is 0 Å². The fourth-order valence-electron chi connectivity index (χ4n) is 2.29. The number of nitrogens with zero attached hydrogens (tertiary/aromatic N) is 1. The number of esters is 1. The van der Waals surface area contributed by atoms with Gasteiger partial charge in [-0.15, -0.1) is 0 Å². The maximum atomic E-state index is 11.4. The number of hydrogen-bond acceptors (Lipinski definition) is 5.